The van der Waals surface area contributed by atoms with E-state index in [1.165, 1.54) is 15.5 Å². The minimum Gasteiger partial charge on any atom is -0.393 e. The molecule has 6 nitrogen and oxygen atoms in total. The molecule has 0 aliphatic carbocycles. The molecule has 0 fully saturated rings. The highest BCUT2D eigenvalue weighted by molar-refractivity contribution is 5.93. The van der Waals surface area contributed by atoms with Crippen LogP contribution in [0.25, 0.3) is 5.65 Å². The highest BCUT2D eigenvalue weighted by Gasteiger charge is 2.17. The largest absolute Gasteiger partial charge is 0.393 e. The number of nitrogens with zero attached hydrogens (tertiary/aromatic N) is 3. The van der Waals surface area contributed by atoms with Gasteiger partial charge in [-0.3, -0.25) is 14.0 Å². The molecule has 0 spiro atoms. The molecule has 0 saturated carbocycles. The van der Waals surface area contributed by atoms with Crippen LogP contribution in [0.1, 0.15) is 23.7 Å². The summed E-state index contributed by atoms with van der Waals surface area (Å²) in [6.07, 6.45) is 2.86. The molecule has 2 rings (SSSR count). The highest BCUT2D eigenvalue weighted by Crippen LogP contribution is 2.02. The first-order valence-corrected chi connectivity index (χ1v) is 6.40. The molecule has 1 N–H and O–H groups in total. The molecule has 0 saturated heterocycles. The van der Waals surface area contributed by atoms with Crippen molar-refractivity contribution in [1.29, 1.82) is 0 Å². The first kappa shape index (κ1) is 14.2. The van der Waals surface area contributed by atoms with Crippen LogP contribution in [0, 0.1) is 0 Å². The number of hydrogen-bond donors (Lipinski definition) is 1. The maximum atomic E-state index is 12.2. The van der Waals surface area contributed by atoms with Crippen molar-refractivity contribution in [2.45, 2.75) is 19.4 Å². The third-order valence-corrected chi connectivity index (χ3v) is 3.07. The molecule has 2 aromatic heterocycles. The van der Waals surface area contributed by atoms with Crippen LogP contribution in [0.5, 0.6) is 0 Å². The van der Waals surface area contributed by atoms with Gasteiger partial charge in [0.1, 0.15) is 11.2 Å². The minimum absolute atomic E-state index is 0.0294. The Morgan fingerprint density at radius 2 is 2.25 bits per heavy atom. The molecule has 0 bridgehead atoms. The molecule has 0 aliphatic heterocycles. The summed E-state index contributed by atoms with van der Waals surface area (Å²) in [5.74, 6) is -0.388. The van der Waals surface area contributed by atoms with E-state index in [0.29, 0.717) is 18.6 Å². The number of carbonyl (C=O) groups excluding carboxylic acids is 1. The predicted molar refractivity (Wildman–Crippen MR) is 74.7 cm³/mol. The van der Waals surface area contributed by atoms with Crippen LogP contribution in [0.15, 0.2) is 35.4 Å². The van der Waals surface area contributed by atoms with Crippen molar-refractivity contribution in [3.63, 3.8) is 0 Å². The molecule has 0 radical (unpaired) electrons. The summed E-state index contributed by atoms with van der Waals surface area (Å²) in [4.78, 5) is 30.0. The molecule has 0 aliphatic rings. The first-order valence-electron chi connectivity index (χ1n) is 6.40. The molecule has 0 aromatic carbocycles. The van der Waals surface area contributed by atoms with Crippen LogP contribution >= 0.6 is 0 Å². The number of hydrogen-bond acceptors (Lipinski definition) is 4. The average molecular weight is 275 g/mol. The van der Waals surface area contributed by atoms with Gasteiger partial charge in [-0.1, -0.05) is 6.07 Å². The van der Waals surface area contributed by atoms with E-state index >= 15 is 0 Å². The summed E-state index contributed by atoms with van der Waals surface area (Å²) in [5, 5.41) is 9.23. The van der Waals surface area contributed by atoms with Crippen LogP contribution in [0.2, 0.25) is 0 Å². The number of fused-ring (bicyclic) bond motifs is 1. The maximum Gasteiger partial charge on any atom is 0.270 e. The highest BCUT2D eigenvalue weighted by atomic mass is 16.3. The van der Waals surface area contributed by atoms with Crippen LogP contribution < -0.4 is 5.56 Å². The van der Waals surface area contributed by atoms with E-state index in [1.54, 1.807) is 38.4 Å². The third kappa shape index (κ3) is 2.85. The summed E-state index contributed by atoms with van der Waals surface area (Å²) < 4.78 is 1.34. The van der Waals surface area contributed by atoms with Crippen LogP contribution in [-0.2, 0) is 0 Å². The maximum absolute atomic E-state index is 12.2. The van der Waals surface area contributed by atoms with E-state index in [2.05, 4.69) is 4.98 Å². The van der Waals surface area contributed by atoms with Gasteiger partial charge in [-0.25, -0.2) is 4.98 Å². The van der Waals surface area contributed by atoms with E-state index in [4.69, 9.17) is 0 Å². The SMILES string of the molecule is CC(O)CCN(C)C(=O)c1cnc2ccccn2c1=O. The van der Waals surface area contributed by atoms with Crippen molar-refractivity contribution in [2.75, 3.05) is 13.6 Å². The zero-order valence-corrected chi connectivity index (χ0v) is 11.5. The number of carbonyl (C=O) groups is 1. The molecule has 106 valence electrons. The zero-order valence-electron chi connectivity index (χ0n) is 11.5. The van der Waals surface area contributed by atoms with Gasteiger partial charge < -0.3 is 10.0 Å². The third-order valence-electron chi connectivity index (χ3n) is 3.07. The summed E-state index contributed by atoms with van der Waals surface area (Å²) in [7, 11) is 1.60. The normalized spacial score (nSPS) is 12.3. The number of pyridine rings is 1. The number of aromatic nitrogens is 2. The van der Waals surface area contributed by atoms with Gasteiger partial charge in [-0.2, -0.15) is 0 Å². The standard InChI is InChI=1S/C14H17N3O3/c1-10(18)6-8-16(2)13(19)11-9-15-12-5-3-4-7-17(12)14(11)20/h3-5,7,9-10,18H,6,8H2,1-2H3. The first-order chi connectivity index (χ1) is 9.50. The van der Waals surface area contributed by atoms with Gasteiger partial charge in [0.2, 0.25) is 0 Å². The fourth-order valence-corrected chi connectivity index (χ4v) is 1.86. The fraction of sp³-hybridized carbons (Fsp3) is 0.357. The predicted octanol–water partition coefficient (Wildman–Crippen LogP) is 0.537. The van der Waals surface area contributed by atoms with Crippen molar-refractivity contribution in [2.24, 2.45) is 0 Å². The Kier molecular flexibility index (Phi) is 4.14. The van der Waals surface area contributed by atoms with Gasteiger partial charge in [0.05, 0.1) is 6.10 Å². The van der Waals surface area contributed by atoms with Gasteiger partial charge in [0.15, 0.2) is 0 Å². The lowest BCUT2D eigenvalue weighted by Gasteiger charge is -2.17. The van der Waals surface area contributed by atoms with Crippen LogP contribution in [0.4, 0.5) is 0 Å². The zero-order chi connectivity index (χ0) is 14.7. The molecule has 2 aromatic rings. The Hall–Kier alpha value is -2.21. The van der Waals surface area contributed by atoms with Crippen LogP contribution in [-0.4, -0.2) is 45.0 Å². The molecule has 1 unspecified atom stereocenters. The van der Waals surface area contributed by atoms with Crippen molar-refractivity contribution < 1.29 is 9.90 Å². The number of aliphatic hydroxyl groups excluding tert-OH is 1. The molecule has 6 heteroatoms. The smallest absolute Gasteiger partial charge is 0.270 e. The Bertz CT molecular complexity index is 679. The Morgan fingerprint density at radius 3 is 2.95 bits per heavy atom. The number of rotatable bonds is 4. The lowest BCUT2D eigenvalue weighted by atomic mass is 10.2. The van der Waals surface area contributed by atoms with E-state index in [9.17, 15) is 14.7 Å². The molecular formula is C14H17N3O3. The fourth-order valence-electron chi connectivity index (χ4n) is 1.86. The summed E-state index contributed by atoms with van der Waals surface area (Å²) >= 11 is 0. The lowest BCUT2D eigenvalue weighted by Crippen LogP contribution is -2.34. The van der Waals surface area contributed by atoms with Crippen molar-refractivity contribution in [1.82, 2.24) is 14.3 Å². The van der Waals surface area contributed by atoms with Crippen LogP contribution in [0.3, 0.4) is 0 Å². The summed E-state index contributed by atoms with van der Waals surface area (Å²) in [6, 6.07) is 5.19. The monoisotopic (exact) mass is 275 g/mol. The Morgan fingerprint density at radius 1 is 1.50 bits per heavy atom. The van der Waals surface area contributed by atoms with Gasteiger partial charge in [-0.05, 0) is 25.5 Å². The van der Waals surface area contributed by atoms with Gasteiger partial charge in [0, 0.05) is 26.0 Å². The Balaban J connectivity index is 2.31. The molecule has 1 amide bonds. The van der Waals surface area contributed by atoms with Gasteiger partial charge >= 0.3 is 0 Å². The molecular weight excluding hydrogens is 258 g/mol. The van der Waals surface area contributed by atoms with E-state index in [1.807, 2.05) is 0 Å². The summed E-state index contributed by atoms with van der Waals surface area (Å²) in [6.45, 7) is 2.04. The number of amides is 1. The quantitative estimate of drug-likeness (QED) is 0.883. The van der Waals surface area contributed by atoms with Gasteiger partial charge in [-0.15, -0.1) is 0 Å². The molecule has 2 heterocycles. The second-order valence-electron chi connectivity index (χ2n) is 4.77. The van der Waals surface area contributed by atoms with Crippen molar-refractivity contribution >= 4 is 11.6 Å². The second-order valence-corrected chi connectivity index (χ2v) is 4.77. The lowest BCUT2D eigenvalue weighted by molar-refractivity contribution is 0.0766. The minimum atomic E-state index is -0.485. The molecule has 20 heavy (non-hydrogen) atoms. The van der Waals surface area contributed by atoms with E-state index < -0.39 is 6.10 Å². The Labute approximate surface area is 116 Å². The summed E-state index contributed by atoms with van der Waals surface area (Å²) in [5.41, 5.74) is 0.145. The molecule has 1 atom stereocenters. The average Bonchev–Trinajstić information content (AvgIpc) is 2.44. The van der Waals surface area contributed by atoms with Crippen molar-refractivity contribution in [3.05, 3.63) is 46.5 Å². The number of aliphatic hydroxyl groups is 1. The van der Waals surface area contributed by atoms with Gasteiger partial charge in [0.25, 0.3) is 11.5 Å². The topological polar surface area (TPSA) is 74.9 Å². The van der Waals surface area contributed by atoms with E-state index in [0.717, 1.165) is 0 Å². The van der Waals surface area contributed by atoms with Crippen molar-refractivity contribution in [3.8, 4) is 0 Å². The van der Waals surface area contributed by atoms with E-state index in [-0.39, 0.29) is 17.0 Å². The second kappa shape index (κ2) is 5.83.